The van der Waals surface area contributed by atoms with Crippen LogP contribution in [0, 0.1) is 0 Å². The highest BCUT2D eigenvalue weighted by molar-refractivity contribution is 7.99. The summed E-state index contributed by atoms with van der Waals surface area (Å²) in [6.07, 6.45) is 0. The molecule has 0 atom stereocenters. The lowest BCUT2D eigenvalue weighted by Gasteiger charge is -2.14. The number of anilines is 1. The van der Waals surface area contributed by atoms with Gasteiger partial charge in [0.2, 0.25) is 5.91 Å². The number of thioether (sulfide) groups is 1. The van der Waals surface area contributed by atoms with Crippen molar-refractivity contribution in [3.8, 4) is 11.1 Å². The second-order valence-corrected chi connectivity index (χ2v) is 8.63. The summed E-state index contributed by atoms with van der Waals surface area (Å²) in [5.74, 6) is -0.101. The van der Waals surface area contributed by atoms with Gasteiger partial charge in [0.25, 0.3) is 5.56 Å². The summed E-state index contributed by atoms with van der Waals surface area (Å²) in [6, 6.07) is 22.5. The number of ether oxygens (including phenoxy) is 1. The number of para-hydroxylation sites is 1. The molecule has 1 amide bonds. The number of methoxy groups -OCH3 is 1. The van der Waals surface area contributed by atoms with E-state index < -0.39 is 0 Å². The van der Waals surface area contributed by atoms with Gasteiger partial charge in [-0.3, -0.25) is 14.2 Å². The third kappa shape index (κ3) is 5.45. The number of benzene rings is 3. The van der Waals surface area contributed by atoms with Crippen LogP contribution in [0.15, 0.2) is 82.7 Å². The maximum absolute atomic E-state index is 13.0. The second-order valence-electron chi connectivity index (χ2n) is 7.25. The zero-order valence-corrected chi connectivity index (χ0v) is 19.5. The van der Waals surface area contributed by atoms with Crippen molar-refractivity contribution < 1.29 is 9.53 Å². The summed E-state index contributed by atoms with van der Waals surface area (Å²) < 4.78 is 6.69. The summed E-state index contributed by atoms with van der Waals surface area (Å²) >= 11 is 7.29. The molecule has 0 bridgehead atoms. The Morgan fingerprint density at radius 2 is 1.85 bits per heavy atom. The Hall–Kier alpha value is -3.13. The van der Waals surface area contributed by atoms with E-state index in [1.807, 2.05) is 54.6 Å². The molecular formula is C25H22ClN3O3S. The van der Waals surface area contributed by atoms with E-state index in [9.17, 15) is 9.59 Å². The SMILES string of the molecule is COCCn1c(SCC(=O)Nc2ccccc2-c2ccccc2)nc2cc(Cl)ccc2c1=O. The first kappa shape index (κ1) is 23.0. The van der Waals surface area contributed by atoms with E-state index >= 15 is 0 Å². The monoisotopic (exact) mass is 479 g/mol. The van der Waals surface area contributed by atoms with Crippen molar-refractivity contribution >= 4 is 45.9 Å². The molecule has 0 unspecified atom stereocenters. The summed E-state index contributed by atoms with van der Waals surface area (Å²) in [6.45, 7) is 0.687. The van der Waals surface area contributed by atoms with Crippen LogP contribution in [0.2, 0.25) is 5.02 Å². The predicted octanol–water partition coefficient (Wildman–Crippen LogP) is 5.09. The van der Waals surface area contributed by atoms with Gasteiger partial charge in [-0.05, 0) is 29.8 Å². The molecule has 1 N–H and O–H groups in total. The van der Waals surface area contributed by atoms with Crippen molar-refractivity contribution in [2.45, 2.75) is 11.7 Å². The molecule has 6 nitrogen and oxygen atoms in total. The number of halogens is 1. The molecule has 0 saturated carbocycles. The lowest BCUT2D eigenvalue weighted by molar-refractivity contribution is -0.113. The van der Waals surface area contributed by atoms with Gasteiger partial charge in [-0.25, -0.2) is 4.98 Å². The number of carbonyl (C=O) groups excluding carboxylic acids is 1. The molecule has 8 heteroatoms. The second kappa shape index (κ2) is 10.7. The first-order chi connectivity index (χ1) is 16.1. The van der Waals surface area contributed by atoms with Crippen molar-refractivity contribution in [2.24, 2.45) is 0 Å². The summed E-state index contributed by atoms with van der Waals surface area (Å²) in [7, 11) is 1.57. The molecule has 3 aromatic carbocycles. The van der Waals surface area contributed by atoms with Crippen molar-refractivity contribution in [3.05, 3.63) is 88.2 Å². The average molecular weight is 480 g/mol. The minimum atomic E-state index is -0.192. The summed E-state index contributed by atoms with van der Waals surface area (Å²) in [5.41, 5.74) is 2.99. The number of carbonyl (C=O) groups is 1. The molecule has 33 heavy (non-hydrogen) atoms. The average Bonchev–Trinajstić information content (AvgIpc) is 2.83. The Bertz CT molecular complexity index is 1340. The molecule has 4 rings (SSSR count). The molecule has 0 spiro atoms. The van der Waals surface area contributed by atoms with Crippen LogP contribution in [-0.2, 0) is 16.1 Å². The van der Waals surface area contributed by atoms with Crippen LogP contribution in [0.1, 0.15) is 0 Å². The van der Waals surface area contributed by atoms with Gasteiger partial charge in [0.05, 0.1) is 29.8 Å². The Balaban J connectivity index is 1.56. The van der Waals surface area contributed by atoms with Gasteiger partial charge in [-0.2, -0.15) is 0 Å². The number of nitrogens with one attached hydrogen (secondary N) is 1. The lowest BCUT2D eigenvalue weighted by Crippen LogP contribution is -2.26. The first-order valence-electron chi connectivity index (χ1n) is 10.3. The molecule has 0 radical (unpaired) electrons. The van der Waals surface area contributed by atoms with Crippen molar-refractivity contribution in [1.82, 2.24) is 9.55 Å². The van der Waals surface area contributed by atoms with Gasteiger partial charge in [0.1, 0.15) is 0 Å². The van der Waals surface area contributed by atoms with Crippen LogP contribution < -0.4 is 10.9 Å². The van der Waals surface area contributed by atoms with Gasteiger partial charge >= 0.3 is 0 Å². The molecule has 168 valence electrons. The molecule has 0 saturated heterocycles. The number of fused-ring (bicyclic) bond motifs is 1. The number of nitrogens with zero attached hydrogens (tertiary/aromatic N) is 2. The topological polar surface area (TPSA) is 73.2 Å². The van der Waals surface area contributed by atoms with Gasteiger partial charge in [-0.1, -0.05) is 71.9 Å². The maximum atomic E-state index is 13.0. The number of hydrogen-bond acceptors (Lipinski definition) is 5. The van der Waals surface area contributed by atoms with Crippen molar-refractivity contribution in [1.29, 1.82) is 0 Å². The largest absolute Gasteiger partial charge is 0.383 e. The quantitative estimate of drug-likeness (QED) is 0.281. The fraction of sp³-hybridized carbons (Fsp3) is 0.160. The van der Waals surface area contributed by atoms with E-state index in [1.54, 1.807) is 25.3 Å². The first-order valence-corrected chi connectivity index (χ1v) is 11.7. The smallest absolute Gasteiger partial charge is 0.262 e. The Kier molecular flexibility index (Phi) is 7.44. The van der Waals surface area contributed by atoms with Crippen LogP contribution in [0.5, 0.6) is 0 Å². The molecule has 0 aliphatic carbocycles. The number of aromatic nitrogens is 2. The van der Waals surface area contributed by atoms with Crippen LogP contribution in [0.3, 0.4) is 0 Å². The Morgan fingerprint density at radius 3 is 2.64 bits per heavy atom. The standard InChI is InChI=1S/C25H22ClN3O3S/c1-32-14-13-29-24(31)20-12-11-18(26)15-22(20)28-25(29)33-16-23(30)27-21-10-6-5-9-19(21)17-7-3-2-4-8-17/h2-12,15H,13-14,16H2,1H3,(H,27,30). The fourth-order valence-electron chi connectivity index (χ4n) is 3.44. The van der Waals surface area contributed by atoms with E-state index in [-0.39, 0.29) is 17.2 Å². The van der Waals surface area contributed by atoms with Crippen molar-refractivity contribution in [2.75, 3.05) is 24.8 Å². The highest BCUT2D eigenvalue weighted by Gasteiger charge is 2.15. The highest BCUT2D eigenvalue weighted by atomic mass is 35.5. The van der Waals surface area contributed by atoms with Crippen LogP contribution in [0.25, 0.3) is 22.0 Å². The summed E-state index contributed by atoms with van der Waals surface area (Å²) in [4.78, 5) is 30.4. The molecular weight excluding hydrogens is 458 g/mol. The molecule has 1 aromatic heterocycles. The van der Waals surface area contributed by atoms with Crippen LogP contribution in [0.4, 0.5) is 5.69 Å². The maximum Gasteiger partial charge on any atom is 0.262 e. The van der Waals surface area contributed by atoms with E-state index in [0.717, 1.165) is 16.8 Å². The van der Waals surface area contributed by atoms with Crippen molar-refractivity contribution in [3.63, 3.8) is 0 Å². The van der Waals surface area contributed by atoms with E-state index in [0.29, 0.717) is 34.2 Å². The number of hydrogen-bond donors (Lipinski definition) is 1. The summed E-state index contributed by atoms with van der Waals surface area (Å²) in [5, 5.41) is 4.39. The minimum Gasteiger partial charge on any atom is -0.383 e. The molecule has 0 fully saturated rings. The number of rotatable bonds is 8. The van der Waals surface area contributed by atoms with Gasteiger partial charge in [0.15, 0.2) is 5.16 Å². The third-order valence-corrected chi connectivity index (χ3v) is 6.23. The molecule has 1 heterocycles. The van der Waals surface area contributed by atoms with E-state index in [4.69, 9.17) is 16.3 Å². The van der Waals surface area contributed by atoms with E-state index in [2.05, 4.69) is 10.3 Å². The molecule has 4 aromatic rings. The normalized spacial score (nSPS) is 11.0. The Morgan fingerprint density at radius 1 is 1.09 bits per heavy atom. The highest BCUT2D eigenvalue weighted by Crippen LogP contribution is 2.28. The van der Waals surface area contributed by atoms with Gasteiger partial charge in [0, 0.05) is 23.4 Å². The fourth-order valence-corrected chi connectivity index (χ4v) is 4.43. The third-order valence-electron chi connectivity index (χ3n) is 5.02. The van der Waals surface area contributed by atoms with E-state index in [1.165, 1.54) is 16.3 Å². The lowest BCUT2D eigenvalue weighted by atomic mass is 10.0. The van der Waals surface area contributed by atoms with Gasteiger partial charge < -0.3 is 10.1 Å². The van der Waals surface area contributed by atoms with Crippen LogP contribution in [-0.4, -0.2) is 34.9 Å². The zero-order chi connectivity index (χ0) is 23.2. The predicted molar refractivity (Wildman–Crippen MR) is 134 cm³/mol. The molecule has 0 aliphatic rings. The van der Waals surface area contributed by atoms with Crippen LogP contribution >= 0.6 is 23.4 Å². The number of amides is 1. The zero-order valence-electron chi connectivity index (χ0n) is 18.0. The Labute approximate surface area is 200 Å². The minimum absolute atomic E-state index is 0.0919. The molecule has 0 aliphatic heterocycles. The van der Waals surface area contributed by atoms with Gasteiger partial charge in [-0.15, -0.1) is 0 Å².